The second kappa shape index (κ2) is 9.93. The van der Waals surface area contributed by atoms with Crippen molar-refractivity contribution >= 4 is 55.0 Å². The van der Waals surface area contributed by atoms with Crippen molar-refractivity contribution in [2.75, 3.05) is 5.32 Å². The number of fused-ring (bicyclic) bond motifs is 1. The minimum absolute atomic E-state index is 0.0147. The van der Waals surface area contributed by atoms with Crippen LogP contribution in [0.4, 0.5) is 32.0 Å². The van der Waals surface area contributed by atoms with Crippen molar-refractivity contribution in [3.63, 3.8) is 0 Å². The Kier molecular flexibility index (Phi) is 6.91. The summed E-state index contributed by atoms with van der Waals surface area (Å²) in [4.78, 5) is 28.5. The fourth-order valence-corrected chi connectivity index (χ4v) is 5.98. The number of rotatable bonds is 7. The molecule has 1 saturated carbocycles. The maximum atomic E-state index is 13.6. The number of alkyl halides is 5. The fraction of sp³-hybridized carbons (Fsp3) is 0.250. The molecule has 3 N–H and O–H groups in total. The molecule has 1 aliphatic rings. The highest BCUT2D eigenvalue weighted by Crippen LogP contribution is 2.46. The Morgan fingerprint density at radius 3 is 2.44 bits per heavy atom. The van der Waals surface area contributed by atoms with Crippen molar-refractivity contribution in [2.45, 2.75) is 37.9 Å². The maximum absolute atomic E-state index is 13.6. The first-order chi connectivity index (χ1) is 18.3. The number of amides is 2. The van der Waals surface area contributed by atoms with E-state index in [0.29, 0.717) is 17.0 Å². The number of thiophene rings is 1. The van der Waals surface area contributed by atoms with E-state index in [2.05, 4.69) is 31.3 Å². The van der Waals surface area contributed by atoms with Crippen molar-refractivity contribution in [3.8, 4) is 11.1 Å². The Morgan fingerprint density at radius 2 is 1.87 bits per heavy atom. The third-order valence-corrected chi connectivity index (χ3v) is 7.93. The quantitative estimate of drug-likeness (QED) is 0.223. The van der Waals surface area contributed by atoms with Gasteiger partial charge in [-0.05, 0) is 58.1 Å². The van der Waals surface area contributed by atoms with E-state index in [1.165, 1.54) is 12.1 Å². The van der Waals surface area contributed by atoms with Gasteiger partial charge in [-0.25, -0.2) is 18.2 Å². The summed E-state index contributed by atoms with van der Waals surface area (Å²) < 4.78 is 82.6. The SMILES string of the molecule is NC(=O)c1sc2nc(C(F)(F)F)cc(-c3ccc(F)cc3)c2c1NC(=O)Cn1nc(C(F)F)c(Br)c1C1CC1. The number of anilines is 1. The van der Waals surface area contributed by atoms with Gasteiger partial charge in [0.05, 0.1) is 15.9 Å². The second-order valence-electron chi connectivity index (χ2n) is 8.78. The molecule has 0 radical (unpaired) electrons. The van der Waals surface area contributed by atoms with Crippen molar-refractivity contribution < 1.29 is 35.9 Å². The zero-order chi connectivity index (χ0) is 28.2. The summed E-state index contributed by atoms with van der Waals surface area (Å²) in [6.07, 6.45) is -6.29. The lowest BCUT2D eigenvalue weighted by Gasteiger charge is -2.13. The van der Waals surface area contributed by atoms with Gasteiger partial charge < -0.3 is 11.1 Å². The molecule has 2 amide bonds. The van der Waals surface area contributed by atoms with Crippen LogP contribution in [0.25, 0.3) is 21.3 Å². The molecule has 4 aromatic rings. The van der Waals surface area contributed by atoms with Crippen LogP contribution in [0.5, 0.6) is 0 Å². The molecule has 0 aliphatic heterocycles. The maximum Gasteiger partial charge on any atom is 0.433 e. The molecule has 0 spiro atoms. The van der Waals surface area contributed by atoms with Crippen LogP contribution in [0.15, 0.2) is 34.8 Å². The number of nitrogens with one attached hydrogen (secondary N) is 1. The van der Waals surface area contributed by atoms with Gasteiger partial charge in [-0.1, -0.05) is 12.1 Å². The molecule has 0 atom stereocenters. The largest absolute Gasteiger partial charge is 0.433 e. The van der Waals surface area contributed by atoms with E-state index in [4.69, 9.17) is 5.73 Å². The summed E-state index contributed by atoms with van der Waals surface area (Å²) >= 11 is 3.69. The smallest absolute Gasteiger partial charge is 0.365 e. The van der Waals surface area contributed by atoms with Gasteiger partial charge in [0.25, 0.3) is 12.3 Å². The lowest BCUT2D eigenvalue weighted by atomic mass is 10.0. The summed E-state index contributed by atoms with van der Waals surface area (Å²) in [7, 11) is 0. The Bertz CT molecular complexity index is 1610. The first-order valence-electron chi connectivity index (χ1n) is 11.3. The summed E-state index contributed by atoms with van der Waals surface area (Å²) in [5.41, 5.74) is 4.01. The van der Waals surface area contributed by atoms with E-state index in [-0.39, 0.29) is 42.3 Å². The fourth-order valence-electron chi connectivity index (χ4n) is 4.19. The minimum Gasteiger partial charge on any atom is -0.365 e. The molecule has 0 bridgehead atoms. The number of carbonyl (C=O) groups is 2. The molecular weight excluding hydrogens is 616 g/mol. The van der Waals surface area contributed by atoms with E-state index < -0.39 is 48.2 Å². The highest BCUT2D eigenvalue weighted by molar-refractivity contribution is 9.10. The average molecular weight is 632 g/mol. The van der Waals surface area contributed by atoms with Gasteiger partial charge in [0.1, 0.15) is 33.5 Å². The monoisotopic (exact) mass is 631 g/mol. The molecule has 204 valence electrons. The molecule has 7 nitrogen and oxygen atoms in total. The number of halogens is 7. The third-order valence-electron chi connectivity index (χ3n) is 6.02. The van der Waals surface area contributed by atoms with Gasteiger partial charge in [0.2, 0.25) is 5.91 Å². The van der Waals surface area contributed by atoms with Crippen LogP contribution in [0.2, 0.25) is 0 Å². The van der Waals surface area contributed by atoms with Gasteiger partial charge in [0.15, 0.2) is 0 Å². The molecule has 39 heavy (non-hydrogen) atoms. The summed E-state index contributed by atoms with van der Waals surface area (Å²) in [5.74, 6) is -2.52. The number of aromatic nitrogens is 3. The lowest BCUT2D eigenvalue weighted by Crippen LogP contribution is -2.22. The van der Waals surface area contributed by atoms with E-state index in [1.54, 1.807) is 0 Å². The normalized spacial score (nSPS) is 13.8. The number of hydrogen-bond acceptors (Lipinski definition) is 5. The summed E-state index contributed by atoms with van der Waals surface area (Å²) in [6.45, 7) is -0.521. The van der Waals surface area contributed by atoms with Crippen molar-refractivity contribution in [2.24, 2.45) is 5.73 Å². The Hall–Kier alpha value is -3.46. The predicted molar refractivity (Wildman–Crippen MR) is 134 cm³/mol. The van der Waals surface area contributed by atoms with Gasteiger partial charge >= 0.3 is 6.18 Å². The third kappa shape index (κ3) is 5.24. The van der Waals surface area contributed by atoms with E-state index >= 15 is 0 Å². The first-order valence-corrected chi connectivity index (χ1v) is 12.9. The first kappa shape index (κ1) is 27.1. The van der Waals surface area contributed by atoms with Crippen LogP contribution < -0.4 is 11.1 Å². The van der Waals surface area contributed by atoms with E-state index in [1.807, 2.05) is 0 Å². The average Bonchev–Trinajstić information content (AvgIpc) is 3.54. The molecule has 0 saturated heterocycles. The van der Waals surface area contributed by atoms with Gasteiger partial charge in [0, 0.05) is 11.3 Å². The van der Waals surface area contributed by atoms with Crippen LogP contribution in [-0.4, -0.2) is 26.6 Å². The number of pyridine rings is 1. The Labute approximate surface area is 228 Å². The number of nitrogens with zero attached hydrogens (tertiary/aromatic N) is 3. The molecular formula is C24H16BrF6N5O2S. The minimum atomic E-state index is -4.85. The van der Waals surface area contributed by atoms with Gasteiger partial charge in [-0.3, -0.25) is 14.3 Å². The van der Waals surface area contributed by atoms with Gasteiger partial charge in [-0.2, -0.15) is 18.3 Å². The number of primary amides is 1. The number of nitrogens with two attached hydrogens (primary N) is 1. The van der Waals surface area contributed by atoms with Gasteiger partial charge in [-0.15, -0.1) is 11.3 Å². The molecule has 1 aliphatic carbocycles. The Morgan fingerprint density at radius 1 is 1.21 bits per heavy atom. The number of carbonyl (C=O) groups excluding carboxylic acids is 2. The van der Waals surface area contributed by atoms with Crippen molar-refractivity contribution in [1.29, 1.82) is 0 Å². The summed E-state index contributed by atoms with van der Waals surface area (Å²) in [5, 5.41) is 6.35. The molecule has 0 unspecified atom stereocenters. The van der Waals surface area contributed by atoms with E-state index in [0.717, 1.165) is 35.7 Å². The zero-order valence-corrected chi connectivity index (χ0v) is 21.9. The highest BCUT2D eigenvalue weighted by atomic mass is 79.9. The topological polar surface area (TPSA) is 103 Å². The Balaban J connectivity index is 1.62. The van der Waals surface area contributed by atoms with Crippen LogP contribution in [0, 0.1) is 5.82 Å². The summed E-state index contributed by atoms with van der Waals surface area (Å²) in [6, 6.07) is 5.31. The second-order valence-corrected chi connectivity index (χ2v) is 10.6. The number of hydrogen-bond donors (Lipinski definition) is 2. The standard InChI is InChI=1S/C24H16BrF6N5O2S/c25-16-18(21(27)28)35-36(19(16)10-1-2-10)8-14(37)34-17-15-12(9-3-5-11(26)6-4-9)7-13(24(29,30)31)33-23(15)39-20(17)22(32)38/h3-7,10,21H,1-2,8H2,(H2,32,38)(H,34,37). The van der Waals surface area contributed by atoms with Crippen LogP contribution in [0.1, 0.15) is 51.9 Å². The van der Waals surface area contributed by atoms with Crippen molar-refractivity contribution in [3.05, 3.63) is 62.6 Å². The van der Waals surface area contributed by atoms with Crippen LogP contribution in [0.3, 0.4) is 0 Å². The molecule has 1 aromatic carbocycles. The predicted octanol–water partition coefficient (Wildman–Crippen LogP) is 6.63. The lowest BCUT2D eigenvalue weighted by molar-refractivity contribution is -0.140. The zero-order valence-electron chi connectivity index (χ0n) is 19.5. The van der Waals surface area contributed by atoms with Crippen LogP contribution in [-0.2, 0) is 17.5 Å². The molecule has 3 aromatic heterocycles. The highest BCUT2D eigenvalue weighted by Gasteiger charge is 2.36. The molecule has 1 fully saturated rings. The molecule has 5 rings (SSSR count). The molecule has 15 heteroatoms. The number of benzene rings is 1. The molecule has 3 heterocycles. The van der Waals surface area contributed by atoms with Crippen molar-refractivity contribution in [1.82, 2.24) is 14.8 Å². The van der Waals surface area contributed by atoms with Crippen LogP contribution >= 0.6 is 27.3 Å². The van der Waals surface area contributed by atoms with E-state index in [9.17, 15) is 35.9 Å².